The van der Waals surface area contributed by atoms with Gasteiger partial charge in [0.1, 0.15) is 0 Å². The zero-order chi connectivity index (χ0) is 19.4. The van der Waals surface area contributed by atoms with Crippen LogP contribution in [0.25, 0.3) is 0 Å². The maximum atomic E-state index is 12.7. The number of hydrogen-bond donors (Lipinski definition) is 0. The highest BCUT2D eigenvalue weighted by Gasteiger charge is 2.30. The van der Waals surface area contributed by atoms with Crippen LogP contribution in [0.1, 0.15) is 23.7 Å². The number of ether oxygens (including phenoxy) is 1. The molecule has 0 bridgehead atoms. The quantitative estimate of drug-likeness (QED) is 0.744. The number of hydrogen-bond acceptors (Lipinski definition) is 6. The lowest BCUT2D eigenvalue weighted by molar-refractivity contribution is 0.0763. The van der Waals surface area contributed by atoms with Crippen LogP contribution < -0.4 is 4.74 Å². The van der Waals surface area contributed by atoms with Crippen molar-refractivity contribution in [3.8, 4) is 5.88 Å². The lowest BCUT2D eigenvalue weighted by Gasteiger charge is -2.21. The molecule has 1 aliphatic heterocycles. The predicted octanol–water partition coefficient (Wildman–Crippen LogP) is 0.751. The summed E-state index contributed by atoms with van der Waals surface area (Å²) in [7, 11) is -1.93. The second-order valence-electron chi connectivity index (χ2n) is 6.25. The van der Waals surface area contributed by atoms with Crippen LogP contribution in [0.4, 0.5) is 0 Å². The van der Waals surface area contributed by atoms with Crippen LogP contribution in [0.15, 0.2) is 35.9 Å². The van der Waals surface area contributed by atoms with Crippen LogP contribution in [0.5, 0.6) is 5.88 Å². The third-order valence-electron chi connectivity index (χ3n) is 4.30. The Labute approximate surface area is 158 Å². The Kier molecular flexibility index (Phi) is 5.76. The molecular weight excluding hydrogens is 370 g/mol. The minimum Gasteiger partial charge on any atom is -0.478 e. The van der Waals surface area contributed by atoms with Gasteiger partial charge in [-0.15, -0.1) is 0 Å². The van der Waals surface area contributed by atoms with Gasteiger partial charge in [0.15, 0.2) is 5.03 Å². The maximum absolute atomic E-state index is 12.7. The molecule has 0 saturated carbocycles. The van der Waals surface area contributed by atoms with Gasteiger partial charge in [0.2, 0.25) is 5.88 Å². The second-order valence-corrected chi connectivity index (χ2v) is 8.13. The van der Waals surface area contributed by atoms with Crippen molar-refractivity contribution in [1.82, 2.24) is 23.7 Å². The Morgan fingerprint density at radius 2 is 2.00 bits per heavy atom. The van der Waals surface area contributed by atoms with Crippen molar-refractivity contribution in [2.24, 2.45) is 7.05 Å². The number of rotatable bonds is 5. The van der Waals surface area contributed by atoms with Gasteiger partial charge in [0, 0.05) is 51.7 Å². The van der Waals surface area contributed by atoms with E-state index in [4.69, 9.17) is 4.74 Å². The molecule has 0 unspecified atom stereocenters. The van der Waals surface area contributed by atoms with E-state index in [1.54, 1.807) is 28.6 Å². The monoisotopic (exact) mass is 393 g/mol. The zero-order valence-corrected chi connectivity index (χ0v) is 16.2. The largest absolute Gasteiger partial charge is 0.478 e. The first-order valence-electron chi connectivity index (χ1n) is 8.78. The Hall–Kier alpha value is -2.46. The average molecular weight is 393 g/mol. The highest BCUT2D eigenvalue weighted by Crippen LogP contribution is 2.17. The van der Waals surface area contributed by atoms with Gasteiger partial charge < -0.3 is 14.2 Å². The van der Waals surface area contributed by atoms with Crippen molar-refractivity contribution >= 4 is 15.9 Å². The average Bonchev–Trinajstić information content (AvgIpc) is 2.95. The van der Waals surface area contributed by atoms with Crippen LogP contribution in [-0.2, 0) is 17.1 Å². The molecule has 0 aromatic carbocycles. The number of carbonyl (C=O) groups excluding carboxylic acids is 1. The van der Waals surface area contributed by atoms with Gasteiger partial charge in [-0.05, 0) is 19.4 Å². The second kappa shape index (κ2) is 8.05. The number of nitrogens with zero attached hydrogens (tertiary/aromatic N) is 5. The zero-order valence-electron chi connectivity index (χ0n) is 15.4. The summed E-state index contributed by atoms with van der Waals surface area (Å²) < 4.78 is 33.7. The fourth-order valence-corrected chi connectivity index (χ4v) is 4.35. The van der Waals surface area contributed by atoms with Crippen LogP contribution >= 0.6 is 0 Å². The number of aryl methyl sites for hydroxylation is 1. The minimum atomic E-state index is -3.66. The van der Waals surface area contributed by atoms with Gasteiger partial charge in [0.05, 0.1) is 18.5 Å². The number of aromatic nitrogens is 3. The molecule has 3 rings (SSSR count). The Morgan fingerprint density at radius 1 is 1.19 bits per heavy atom. The smallest absolute Gasteiger partial charge is 0.262 e. The van der Waals surface area contributed by atoms with Crippen molar-refractivity contribution in [3.05, 3.63) is 36.4 Å². The van der Waals surface area contributed by atoms with Gasteiger partial charge >= 0.3 is 0 Å². The molecule has 3 heterocycles. The van der Waals surface area contributed by atoms with E-state index in [2.05, 4.69) is 9.97 Å². The molecule has 10 heteroatoms. The lowest BCUT2D eigenvalue weighted by Crippen LogP contribution is -2.37. The number of imidazole rings is 1. The van der Waals surface area contributed by atoms with E-state index in [1.165, 1.54) is 23.0 Å². The molecule has 2 aromatic heterocycles. The Morgan fingerprint density at radius 3 is 2.63 bits per heavy atom. The van der Waals surface area contributed by atoms with Crippen LogP contribution in [0.3, 0.4) is 0 Å². The standard InChI is InChI=1S/C17H23N5O4S/c1-3-26-15-6-5-14(11-18-15)17(23)21-7-4-8-22(10-9-21)27(24,25)16-12-20(2)13-19-16/h5-6,11-13H,3-4,7-10H2,1-2H3. The van der Waals surface area contributed by atoms with Crippen LogP contribution in [0, 0.1) is 0 Å². The van der Waals surface area contributed by atoms with E-state index < -0.39 is 10.0 Å². The number of sulfonamides is 1. The van der Waals surface area contributed by atoms with Gasteiger partial charge in [-0.3, -0.25) is 4.79 Å². The SMILES string of the molecule is CCOc1ccc(C(=O)N2CCCN(S(=O)(=O)c3cn(C)cn3)CC2)cn1. The molecule has 1 fully saturated rings. The molecule has 27 heavy (non-hydrogen) atoms. The topological polar surface area (TPSA) is 97.6 Å². The highest BCUT2D eigenvalue weighted by atomic mass is 32.2. The fraction of sp³-hybridized carbons (Fsp3) is 0.471. The highest BCUT2D eigenvalue weighted by molar-refractivity contribution is 7.89. The van der Waals surface area contributed by atoms with Crippen molar-refractivity contribution in [1.29, 1.82) is 0 Å². The summed E-state index contributed by atoms with van der Waals surface area (Å²) in [5.41, 5.74) is 0.458. The first-order chi connectivity index (χ1) is 12.9. The first-order valence-corrected chi connectivity index (χ1v) is 10.2. The molecule has 0 spiro atoms. The summed E-state index contributed by atoms with van der Waals surface area (Å²) in [6, 6.07) is 3.33. The summed E-state index contributed by atoms with van der Waals surface area (Å²) in [6.45, 7) is 3.76. The maximum Gasteiger partial charge on any atom is 0.262 e. The summed E-state index contributed by atoms with van der Waals surface area (Å²) >= 11 is 0. The predicted molar refractivity (Wildman–Crippen MR) is 97.9 cm³/mol. The third kappa shape index (κ3) is 4.28. The molecule has 1 aliphatic rings. The fourth-order valence-electron chi connectivity index (χ4n) is 2.91. The Balaban J connectivity index is 1.68. The summed E-state index contributed by atoms with van der Waals surface area (Å²) in [5, 5.41) is 0.0282. The number of amides is 1. The molecule has 0 aliphatic carbocycles. The van der Waals surface area contributed by atoms with Crippen LogP contribution in [0.2, 0.25) is 0 Å². The van der Waals surface area contributed by atoms with Crippen LogP contribution in [-0.4, -0.2) is 70.9 Å². The molecule has 1 saturated heterocycles. The van der Waals surface area contributed by atoms with E-state index in [9.17, 15) is 13.2 Å². The van der Waals surface area contributed by atoms with E-state index >= 15 is 0 Å². The molecular formula is C17H23N5O4S. The molecule has 9 nitrogen and oxygen atoms in total. The van der Waals surface area contributed by atoms with E-state index in [0.29, 0.717) is 44.1 Å². The molecule has 1 amide bonds. The minimum absolute atomic E-state index is 0.0282. The van der Waals surface area contributed by atoms with Gasteiger partial charge in [-0.25, -0.2) is 18.4 Å². The summed E-state index contributed by atoms with van der Waals surface area (Å²) in [5.74, 6) is 0.306. The van der Waals surface area contributed by atoms with Crippen molar-refractivity contribution < 1.29 is 17.9 Å². The van der Waals surface area contributed by atoms with Gasteiger partial charge in [-0.2, -0.15) is 4.31 Å². The number of carbonyl (C=O) groups is 1. The summed E-state index contributed by atoms with van der Waals surface area (Å²) in [6.07, 6.45) is 4.98. The van der Waals surface area contributed by atoms with E-state index in [0.717, 1.165) is 0 Å². The third-order valence-corrected chi connectivity index (χ3v) is 6.09. The van der Waals surface area contributed by atoms with Crippen molar-refractivity contribution in [2.75, 3.05) is 32.8 Å². The van der Waals surface area contributed by atoms with Crippen molar-refractivity contribution in [3.63, 3.8) is 0 Å². The molecule has 0 N–H and O–H groups in total. The summed E-state index contributed by atoms with van der Waals surface area (Å²) in [4.78, 5) is 22.4. The van der Waals surface area contributed by atoms with Crippen molar-refractivity contribution in [2.45, 2.75) is 18.4 Å². The lowest BCUT2D eigenvalue weighted by atomic mass is 10.2. The van der Waals surface area contributed by atoms with E-state index in [1.807, 2.05) is 6.92 Å². The normalized spacial score (nSPS) is 16.1. The van der Waals surface area contributed by atoms with Gasteiger partial charge in [0.25, 0.3) is 15.9 Å². The molecule has 146 valence electrons. The first kappa shape index (κ1) is 19.3. The molecule has 2 aromatic rings. The molecule has 0 atom stereocenters. The van der Waals surface area contributed by atoms with Gasteiger partial charge in [-0.1, -0.05) is 0 Å². The number of pyridine rings is 1. The molecule has 0 radical (unpaired) electrons. The Bertz CT molecular complexity index is 894. The van der Waals surface area contributed by atoms with E-state index in [-0.39, 0.29) is 17.5 Å².